The van der Waals surface area contributed by atoms with Crippen molar-refractivity contribution in [3.05, 3.63) is 70.5 Å². The fourth-order valence-corrected chi connectivity index (χ4v) is 2.85. The van der Waals surface area contributed by atoms with Crippen molar-refractivity contribution in [2.24, 2.45) is 0 Å². The van der Waals surface area contributed by atoms with E-state index in [1.165, 1.54) is 13.4 Å². The van der Waals surface area contributed by atoms with E-state index in [4.69, 9.17) is 25.8 Å². The highest BCUT2D eigenvalue weighted by molar-refractivity contribution is 6.31. The first-order valence-corrected chi connectivity index (χ1v) is 8.32. The van der Waals surface area contributed by atoms with Gasteiger partial charge in [0.15, 0.2) is 11.5 Å². The molecule has 1 amide bonds. The standard InChI is InChI=1S/C20H18ClNO4/c1-24-17-6-4-3-5-14(17)12-22-20(23)13-7-8-26-19-15(9-13)10-16(21)11-18(19)25-2/h3-11H,12H2,1-2H3,(H,22,23). The highest BCUT2D eigenvalue weighted by atomic mass is 35.5. The third kappa shape index (κ3) is 3.83. The molecule has 1 heterocycles. The number of rotatable bonds is 5. The zero-order chi connectivity index (χ0) is 18.5. The molecule has 3 rings (SSSR count). The first-order valence-electron chi connectivity index (χ1n) is 7.95. The topological polar surface area (TPSA) is 56.8 Å². The number of hydrogen-bond donors (Lipinski definition) is 1. The second-order valence-electron chi connectivity index (χ2n) is 5.54. The van der Waals surface area contributed by atoms with Crippen molar-refractivity contribution < 1.29 is 19.0 Å². The Kier molecular flexibility index (Phi) is 5.49. The molecule has 1 aliphatic rings. The van der Waals surface area contributed by atoms with Crippen LogP contribution >= 0.6 is 11.6 Å². The minimum Gasteiger partial charge on any atom is -0.496 e. The van der Waals surface area contributed by atoms with Crippen molar-refractivity contribution >= 4 is 23.6 Å². The summed E-state index contributed by atoms with van der Waals surface area (Å²) >= 11 is 6.12. The molecule has 0 radical (unpaired) electrons. The van der Waals surface area contributed by atoms with Gasteiger partial charge in [0, 0.05) is 34.3 Å². The number of benzene rings is 2. The molecule has 6 heteroatoms. The van der Waals surface area contributed by atoms with Crippen LogP contribution < -0.4 is 19.5 Å². The molecule has 0 aromatic heterocycles. The number of para-hydroxylation sites is 1. The predicted octanol–water partition coefficient (Wildman–Crippen LogP) is 3.96. The number of fused-ring (bicyclic) bond motifs is 1. The van der Waals surface area contributed by atoms with E-state index in [0.717, 1.165) is 11.3 Å². The van der Waals surface area contributed by atoms with Gasteiger partial charge in [0.2, 0.25) is 0 Å². The van der Waals surface area contributed by atoms with E-state index in [2.05, 4.69) is 5.32 Å². The number of halogens is 1. The van der Waals surface area contributed by atoms with Crippen LogP contribution in [0, 0.1) is 0 Å². The van der Waals surface area contributed by atoms with Crippen LogP contribution in [0.15, 0.2) is 54.3 Å². The Bertz CT molecular complexity index is 889. The second kappa shape index (κ2) is 7.97. The lowest BCUT2D eigenvalue weighted by atomic mass is 10.1. The second-order valence-corrected chi connectivity index (χ2v) is 5.98. The third-order valence-electron chi connectivity index (χ3n) is 3.91. The van der Waals surface area contributed by atoms with Gasteiger partial charge in [-0.05, 0) is 24.3 Å². The molecule has 0 unspecified atom stereocenters. The number of hydrogen-bond acceptors (Lipinski definition) is 4. The minimum atomic E-state index is -0.234. The van der Waals surface area contributed by atoms with Gasteiger partial charge >= 0.3 is 0 Å². The Morgan fingerprint density at radius 3 is 2.69 bits per heavy atom. The molecule has 0 fully saturated rings. The molecular weight excluding hydrogens is 354 g/mol. The summed E-state index contributed by atoms with van der Waals surface area (Å²) < 4.78 is 16.2. The lowest BCUT2D eigenvalue weighted by molar-refractivity contribution is -0.117. The number of methoxy groups -OCH3 is 2. The number of ether oxygens (including phenoxy) is 3. The smallest absolute Gasteiger partial charge is 0.251 e. The Morgan fingerprint density at radius 2 is 1.92 bits per heavy atom. The van der Waals surface area contributed by atoms with Gasteiger partial charge in [-0.2, -0.15) is 0 Å². The Hall–Kier alpha value is -2.92. The third-order valence-corrected chi connectivity index (χ3v) is 4.13. The molecule has 5 nitrogen and oxygen atoms in total. The lowest BCUT2D eigenvalue weighted by Gasteiger charge is -2.11. The van der Waals surface area contributed by atoms with Crippen molar-refractivity contribution in [3.8, 4) is 17.2 Å². The van der Waals surface area contributed by atoms with Gasteiger partial charge in [0.05, 0.1) is 20.5 Å². The van der Waals surface area contributed by atoms with Crippen LogP contribution in [0.5, 0.6) is 17.2 Å². The van der Waals surface area contributed by atoms with Gasteiger partial charge in [-0.15, -0.1) is 0 Å². The maximum Gasteiger partial charge on any atom is 0.251 e. The Balaban J connectivity index is 1.82. The van der Waals surface area contributed by atoms with Crippen LogP contribution in [0.4, 0.5) is 0 Å². The molecule has 0 aliphatic carbocycles. The zero-order valence-corrected chi connectivity index (χ0v) is 15.2. The summed E-state index contributed by atoms with van der Waals surface area (Å²) in [4.78, 5) is 12.6. The van der Waals surface area contributed by atoms with Crippen molar-refractivity contribution in [2.75, 3.05) is 14.2 Å². The first-order chi connectivity index (χ1) is 12.6. The van der Waals surface area contributed by atoms with E-state index in [1.807, 2.05) is 24.3 Å². The monoisotopic (exact) mass is 371 g/mol. The molecule has 1 N–H and O–H groups in total. The van der Waals surface area contributed by atoms with E-state index in [1.54, 1.807) is 31.4 Å². The first kappa shape index (κ1) is 17.9. The van der Waals surface area contributed by atoms with E-state index in [0.29, 0.717) is 34.2 Å². The summed E-state index contributed by atoms with van der Waals surface area (Å²) in [5.74, 6) is 1.51. The largest absolute Gasteiger partial charge is 0.496 e. The fraction of sp³-hybridized carbons (Fsp3) is 0.150. The van der Waals surface area contributed by atoms with Crippen LogP contribution in [-0.4, -0.2) is 20.1 Å². The SMILES string of the molecule is COc1ccccc1CNC(=O)C1=Cc2cc(Cl)cc(OC)c2OC=C1. The van der Waals surface area contributed by atoms with Gasteiger partial charge in [-0.3, -0.25) is 4.79 Å². The van der Waals surface area contributed by atoms with E-state index >= 15 is 0 Å². The molecule has 0 bridgehead atoms. The lowest BCUT2D eigenvalue weighted by Crippen LogP contribution is -2.24. The number of carbonyl (C=O) groups excluding carboxylic acids is 1. The minimum absolute atomic E-state index is 0.234. The fourth-order valence-electron chi connectivity index (χ4n) is 2.63. The van der Waals surface area contributed by atoms with Gasteiger partial charge in [-0.25, -0.2) is 0 Å². The van der Waals surface area contributed by atoms with E-state index < -0.39 is 0 Å². The summed E-state index contributed by atoms with van der Waals surface area (Å²) in [6.45, 7) is 0.348. The molecule has 134 valence electrons. The molecular formula is C20H18ClNO4. The van der Waals surface area contributed by atoms with E-state index in [9.17, 15) is 4.79 Å². The molecule has 2 aromatic rings. The van der Waals surface area contributed by atoms with Gasteiger partial charge in [0.1, 0.15) is 5.75 Å². The summed E-state index contributed by atoms with van der Waals surface area (Å²) in [5, 5.41) is 3.38. The van der Waals surface area contributed by atoms with Crippen LogP contribution in [0.25, 0.3) is 6.08 Å². The molecule has 0 saturated heterocycles. The van der Waals surface area contributed by atoms with Gasteiger partial charge < -0.3 is 19.5 Å². The number of carbonyl (C=O) groups is 1. The zero-order valence-electron chi connectivity index (χ0n) is 14.4. The quantitative estimate of drug-likeness (QED) is 0.864. The number of amides is 1. The highest BCUT2D eigenvalue weighted by Gasteiger charge is 2.16. The predicted molar refractivity (Wildman–Crippen MR) is 101 cm³/mol. The number of nitrogens with one attached hydrogen (secondary N) is 1. The molecule has 2 aromatic carbocycles. The van der Waals surface area contributed by atoms with Crippen molar-refractivity contribution in [3.63, 3.8) is 0 Å². The van der Waals surface area contributed by atoms with Crippen LogP contribution in [-0.2, 0) is 11.3 Å². The average molecular weight is 372 g/mol. The van der Waals surface area contributed by atoms with Gasteiger partial charge in [-0.1, -0.05) is 29.8 Å². The summed E-state index contributed by atoms with van der Waals surface area (Å²) in [6.07, 6.45) is 4.77. The van der Waals surface area contributed by atoms with Crippen molar-refractivity contribution in [2.45, 2.75) is 6.54 Å². The van der Waals surface area contributed by atoms with Gasteiger partial charge in [0.25, 0.3) is 5.91 Å². The van der Waals surface area contributed by atoms with Crippen molar-refractivity contribution in [1.29, 1.82) is 0 Å². The van der Waals surface area contributed by atoms with Crippen LogP contribution in [0.3, 0.4) is 0 Å². The summed E-state index contributed by atoms with van der Waals surface area (Å²) in [6, 6.07) is 10.9. The molecule has 0 spiro atoms. The van der Waals surface area contributed by atoms with Crippen LogP contribution in [0.1, 0.15) is 11.1 Å². The maximum atomic E-state index is 12.6. The highest BCUT2D eigenvalue weighted by Crippen LogP contribution is 2.37. The summed E-state index contributed by atoms with van der Waals surface area (Å²) in [7, 11) is 3.14. The molecule has 0 saturated carbocycles. The molecule has 1 aliphatic heterocycles. The summed E-state index contributed by atoms with van der Waals surface area (Å²) in [5.41, 5.74) is 2.01. The van der Waals surface area contributed by atoms with E-state index in [-0.39, 0.29) is 5.91 Å². The Labute approximate surface area is 156 Å². The molecule has 0 atom stereocenters. The average Bonchev–Trinajstić information content (AvgIpc) is 2.88. The molecule has 26 heavy (non-hydrogen) atoms. The van der Waals surface area contributed by atoms with Crippen LogP contribution in [0.2, 0.25) is 5.02 Å². The maximum absolute atomic E-state index is 12.6. The Morgan fingerprint density at radius 1 is 1.15 bits per heavy atom. The normalized spacial score (nSPS) is 12.3. The van der Waals surface area contributed by atoms with Crippen molar-refractivity contribution in [1.82, 2.24) is 5.32 Å².